The highest BCUT2D eigenvalue weighted by atomic mass is 79.9. The van der Waals surface area contributed by atoms with Gasteiger partial charge in [-0.3, -0.25) is 0 Å². The van der Waals surface area contributed by atoms with Crippen LogP contribution < -0.4 is 4.90 Å². The lowest BCUT2D eigenvalue weighted by atomic mass is 9.95. The van der Waals surface area contributed by atoms with Crippen LogP contribution in [0.15, 0.2) is 16.7 Å². The minimum atomic E-state index is 0.530. The van der Waals surface area contributed by atoms with Crippen molar-refractivity contribution in [3.8, 4) is 0 Å². The molecule has 88 valence electrons. The molecule has 1 saturated heterocycles. The smallest absolute Gasteiger partial charge is 0.147 e. The second-order valence-corrected chi connectivity index (χ2v) is 5.97. The lowest BCUT2D eigenvalue weighted by Gasteiger charge is -2.38. The summed E-state index contributed by atoms with van der Waals surface area (Å²) < 4.78 is 0.930. The molecule has 1 aliphatic heterocycles. The Kier molecular flexibility index (Phi) is 3.75. The zero-order valence-corrected chi connectivity index (χ0v) is 11.9. The fourth-order valence-corrected chi connectivity index (χ4v) is 2.94. The van der Waals surface area contributed by atoms with Crippen molar-refractivity contribution in [2.24, 2.45) is 5.92 Å². The van der Waals surface area contributed by atoms with Crippen LogP contribution in [-0.2, 0) is 0 Å². The third kappa shape index (κ3) is 2.51. The molecule has 2 unspecified atom stereocenters. The summed E-state index contributed by atoms with van der Waals surface area (Å²) in [4.78, 5) is 6.76. The first-order valence-corrected chi connectivity index (χ1v) is 6.82. The summed E-state index contributed by atoms with van der Waals surface area (Å²) in [6, 6.07) is 2.44. The standard InChI is InChI=1S/C12H16BrClN2/c1-8-3-4-9(2)16(7-8)12-11(14)5-10(13)6-15-12/h5-6,8-9H,3-4,7H2,1-2H3. The summed E-state index contributed by atoms with van der Waals surface area (Å²) in [6.45, 7) is 5.58. The SMILES string of the molecule is CC1CCC(C)N(c2ncc(Br)cc2Cl)C1. The molecule has 0 spiro atoms. The van der Waals surface area contributed by atoms with E-state index in [4.69, 9.17) is 11.6 Å². The van der Waals surface area contributed by atoms with Gasteiger partial charge in [-0.25, -0.2) is 4.98 Å². The van der Waals surface area contributed by atoms with E-state index in [0.717, 1.165) is 27.8 Å². The number of piperidine rings is 1. The highest BCUT2D eigenvalue weighted by Gasteiger charge is 2.25. The highest BCUT2D eigenvalue weighted by Crippen LogP contribution is 2.32. The van der Waals surface area contributed by atoms with Gasteiger partial charge in [-0.1, -0.05) is 18.5 Å². The van der Waals surface area contributed by atoms with Crippen LogP contribution in [0.2, 0.25) is 5.02 Å². The van der Waals surface area contributed by atoms with E-state index < -0.39 is 0 Å². The van der Waals surface area contributed by atoms with E-state index in [2.05, 4.69) is 39.7 Å². The summed E-state index contributed by atoms with van der Waals surface area (Å²) in [7, 11) is 0. The number of hydrogen-bond donors (Lipinski definition) is 0. The predicted molar refractivity (Wildman–Crippen MR) is 72.2 cm³/mol. The molecule has 0 N–H and O–H groups in total. The van der Waals surface area contributed by atoms with Crippen molar-refractivity contribution in [2.45, 2.75) is 32.7 Å². The monoisotopic (exact) mass is 302 g/mol. The van der Waals surface area contributed by atoms with Gasteiger partial charge in [0.05, 0.1) is 5.02 Å². The summed E-state index contributed by atoms with van der Waals surface area (Å²) in [6.07, 6.45) is 4.33. The topological polar surface area (TPSA) is 16.1 Å². The first-order chi connectivity index (χ1) is 7.58. The van der Waals surface area contributed by atoms with Crippen molar-refractivity contribution in [3.63, 3.8) is 0 Å². The molecule has 2 rings (SSSR count). The summed E-state index contributed by atoms with van der Waals surface area (Å²) in [5, 5.41) is 0.732. The van der Waals surface area contributed by atoms with Gasteiger partial charge in [0.25, 0.3) is 0 Å². The molecule has 2 atom stereocenters. The first kappa shape index (κ1) is 12.2. The van der Waals surface area contributed by atoms with E-state index in [1.807, 2.05) is 12.3 Å². The van der Waals surface area contributed by atoms with E-state index in [1.54, 1.807) is 0 Å². The van der Waals surface area contributed by atoms with Gasteiger partial charge >= 0.3 is 0 Å². The zero-order chi connectivity index (χ0) is 11.7. The Morgan fingerprint density at radius 1 is 1.44 bits per heavy atom. The maximum absolute atomic E-state index is 6.24. The summed E-state index contributed by atoms with van der Waals surface area (Å²) in [5.41, 5.74) is 0. The van der Waals surface area contributed by atoms with Gasteiger partial charge in [0, 0.05) is 23.3 Å². The average molecular weight is 304 g/mol. The number of rotatable bonds is 1. The molecule has 0 aliphatic carbocycles. The van der Waals surface area contributed by atoms with Crippen LogP contribution in [0.4, 0.5) is 5.82 Å². The molecule has 1 aromatic rings. The van der Waals surface area contributed by atoms with Crippen LogP contribution >= 0.6 is 27.5 Å². The van der Waals surface area contributed by atoms with Crippen molar-refractivity contribution in [2.75, 3.05) is 11.4 Å². The van der Waals surface area contributed by atoms with Gasteiger partial charge in [0.1, 0.15) is 5.82 Å². The van der Waals surface area contributed by atoms with Crippen LogP contribution in [0.5, 0.6) is 0 Å². The van der Waals surface area contributed by atoms with Gasteiger partial charge in [0.2, 0.25) is 0 Å². The van der Waals surface area contributed by atoms with Crippen molar-refractivity contribution in [1.82, 2.24) is 4.98 Å². The normalized spacial score (nSPS) is 25.9. The number of nitrogens with zero attached hydrogens (tertiary/aromatic N) is 2. The third-order valence-corrected chi connectivity index (χ3v) is 3.89. The maximum Gasteiger partial charge on any atom is 0.147 e. The van der Waals surface area contributed by atoms with Crippen LogP contribution in [-0.4, -0.2) is 17.6 Å². The fourth-order valence-electron chi connectivity index (χ4n) is 2.20. The van der Waals surface area contributed by atoms with Crippen molar-refractivity contribution in [1.29, 1.82) is 0 Å². The Morgan fingerprint density at radius 2 is 2.19 bits per heavy atom. The first-order valence-electron chi connectivity index (χ1n) is 5.65. The Balaban J connectivity index is 2.28. The van der Waals surface area contributed by atoms with Gasteiger partial charge < -0.3 is 4.90 Å². The predicted octanol–water partition coefficient (Wildman–Crippen LogP) is 4.12. The van der Waals surface area contributed by atoms with E-state index in [-0.39, 0.29) is 0 Å². The van der Waals surface area contributed by atoms with Gasteiger partial charge in [0.15, 0.2) is 0 Å². The number of hydrogen-bond acceptors (Lipinski definition) is 2. The molecule has 4 heteroatoms. The quantitative estimate of drug-likeness (QED) is 0.776. The molecule has 0 saturated carbocycles. The Hall–Kier alpha value is -0.280. The lowest BCUT2D eigenvalue weighted by molar-refractivity contribution is 0.388. The summed E-state index contributed by atoms with van der Waals surface area (Å²) in [5.74, 6) is 1.64. The molecule has 1 aliphatic rings. The number of anilines is 1. The molecule has 1 fully saturated rings. The second kappa shape index (κ2) is 4.92. The molecule has 0 bridgehead atoms. The Labute approximate surface area is 110 Å². The largest absolute Gasteiger partial charge is 0.352 e. The number of aromatic nitrogens is 1. The molecule has 16 heavy (non-hydrogen) atoms. The van der Waals surface area contributed by atoms with Crippen LogP contribution in [0.1, 0.15) is 26.7 Å². The van der Waals surface area contributed by atoms with E-state index >= 15 is 0 Å². The van der Waals surface area contributed by atoms with Gasteiger partial charge in [-0.2, -0.15) is 0 Å². The minimum Gasteiger partial charge on any atom is -0.352 e. The van der Waals surface area contributed by atoms with E-state index in [0.29, 0.717) is 6.04 Å². The molecular weight excluding hydrogens is 288 g/mol. The average Bonchev–Trinajstić information content (AvgIpc) is 2.22. The highest BCUT2D eigenvalue weighted by molar-refractivity contribution is 9.10. The van der Waals surface area contributed by atoms with Crippen LogP contribution in [0.3, 0.4) is 0 Å². The van der Waals surface area contributed by atoms with E-state index in [1.165, 1.54) is 12.8 Å². The van der Waals surface area contributed by atoms with Gasteiger partial charge in [-0.05, 0) is 47.7 Å². The summed E-state index contributed by atoms with van der Waals surface area (Å²) >= 11 is 9.62. The fraction of sp³-hybridized carbons (Fsp3) is 0.583. The zero-order valence-electron chi connectivity index (χ0n) is 9.58. The van der Waals surface area contributed by atoms with E-state index in [9.17, 15) is 0 Å². The van der Waals surface area contributed by atoms with Crippen molar-refractivity contribution < 1.29 is 0 Å². The minimum absolute atomic E-state index is 0.530. The number of halogens is 2. The molecule has 1 aromatic heterocycles. The van der Waals surface area contributed by atoms with Crippen LogP contribution in [0, 0.1) is 5.92 Å². The lowest BCUT2D eigenvalue weighted by Crippen LogP contribution is -2.41. The molecule has 0 radical (unpaired) electrons. The van der Waals surface area contributed by atoms with Crippen molar-refractivity contribution in [3.05, 3.63) is 21.8 Å². The molecular formula is C12H16BrClN2. The van der Waals surface area contributed by atoms with Gasteiger partial charge in [-0.15, -0.1) is 0 Å². The molecule has 0 amide bonds. The molecule has 0 aromatic carbocycles. The number of pyridine rings is 1. The van der Waals surface area contributed by atoms with Crippen LogP contribution in [0.25, 0.3) is 0 Å². The third-order valence-electron chi connectivity index (χ3n) is 3.18. The molecule has 2 heterocycles. The molecule has 2 nitrogen and oxygen atoms in total. The second-order valence-electron chi connectivity index (χ2n) is 4.64. The van der Waals surface area contributed by atoms with Crippen molar-refractivity contribution >= 4 is 33.3 Å². The maximum atomic E-state index is 6.24. The Morgan fingerprint density at radius 3 is 2.88 bits per heavy atom. The Bertz CT molecular complexity index is 383.